The molecular weight excluding hydrogens is 1210 g/mol. The van der Waals surface area contributed by atoms with E-state index in [1.54, 1.807) is 121 Å². The number of hydrogen-bond acceptors (Lipinski definition) is 16. The van der Waals surface area contributed by atoms with Crippen molar-refractivity contribution in [2.75, 3.05) is 0 Å². The van der Waals surface area contributed by atoms with E-state index in [2.05, 4.69) is 0 Å². The Kier molecular flexibility index (Phi) is 13.8. The normalized spacial score (nSPS) is 18.1. The van der Waals surface area contributed by atoms with Crippen molar-refractivity contribution in [3.05, 3.63) is 252 Å². The Bertz CT molecular complexity index is 4570. The Labute approximate surface area is 511 Å². The lowest BCUT2D eigenvalue weighted by Crippen LogP contribution is -2.46. The van der Waals surface area contributed by atoms with Gasteiger partial charge in [0.15, 0.2) is 0 Å². The largest absolute Gasteiger partial charge is 0.459 e. The molecule has 4 aromatic heterocycles. The van der Waals surface area contributed by atoms with E-state index in [1.165, 1.54) is 24.3 Å². The van der Waals surface area contributed by atoms with Crippen molar-refractivity contribution in [3.63, 3.8) is 0 Å². The van der Waals surface area contributed by atoms with Crippen molar-refractivity contribution in [2.24, 2.45) is 11.8 Å². The van der Waals surface area contributed by atoms with Crippen molar-refractivity contribution >= 4 is 119 Å². The van der Waals surface area contributed by atoms with Crippen LogP contribution >= 0.6 is 45.3 Å². The number of hydrogen-bond donors (Lipinski definition) is 0. The standard InChI is InChI=1S/C68H38F4O12S4/c69-37-21-41-49(47(71)23-37)43(55(75)53(41)73)25-39-27-45-57(85-39)59-51(67(45,63(77)81-29-33-13-5-1-6-14-33)64(78)82-30-34-15-7-2-8-16-34)61-62(87-59)52-60(88-61)58-46(28-40(86-58)26-44-50-42(54(74)56(44)76)22-38(70)24-48(50)72)68(52,65(79)83-31-35-17-9-3-10-18-35)66(80)84-32-36-19-11-4-12-20-36/h1-28,41,49H,29-32H2/b43-25-,44-26-. The van der Waals surface area contributed by atoms with E-state index in [0.717, 1.165) is 57.5 Å². The van der Waals surface area contributed by atoms with E-state index in [9.17, 15) is 28.0 Å². The quantitative estimate of drug-likeness (QED) is 0.0252. The summed E-state index contributed by atoms with van der Waals surface area (Å²) in [5, 5.41) is 0. The first-order valence-corrected chi connectivity index (χ1v) is 30.4. The number of benzene rings is 5. The van der Waals surface area contributed by atoms with Crippen molar-refractivity contribution in [3.8, 4) is 19.5 Å². The van der Waals surface area contributed by atoms with Crippen LogP contribution in [0.4, 0.5) is 17.6 Å². The van der Waals surface area contributed by atoms with Gasteiger partial charge in [-0.1, -0.05) is 121 Å². The van der Waals surface area contributed by atoms with Crippen LogP contribution < -0.4 is 0 Å². The molecule has 0 N–H and O–H groups in total. The van der Waals surface area contributed by atoms with Crippen LogP contribution in [0.2, 0.25) is 0 Å². The maximum Gasteiger partial charge on any atom is 0.333 e. The SMILES string of the molecule is O=C1C(=O)c2cc(F)cc(F)c2/C1=C/c1cc2c(s1)-c1sc3c4c(sc3c1C2(C(=O)OCc1ccccc1)C(=O)OCc1ccccc1)-c1sc(/C=C2\C(=O)C(=O)C3C=C(F)C=C(F)C23)cc1C4(C(=O)OCc1ccccc1)C(=O)OCc1ccccc1. The lowest BCUT2D eigenvalue weighted by Gasteiger charge is -2.27. The van der Waals surface area contributed by atoms with E-state index in [0.29, 0.717) is 34.4 Å². The first-order chi connectivity index (χ1) is 42.6. The minimum atomic E-state index is -2.56. The second-order valence-corrected chi connectivity index (χ2v) is 25.4. The number of carbonyl (C=O) groups excluding carboxylic acids is 8. The van der Waals surface area contributed by atoms with Crippen molar-refractivity contribution in [1.82, 2.24) is 0 Å². The molecule has 1 saturated carbocycles. The number of thiophene rings is 4. The lowest BCUT2D eigenvalue weighted by atomic mass is 9.77. The summed E-state index contributed by atoms with van der Waals surface area (Å²) in [5.74, 6) is -16.1. The second kappa shape index (κ2) is 21.7. The summed E-state index contributed by atoms with van der Waals surface area (Å²) in [7, 11) is 0. The summed E-state index contributed by atoms with van der Waals surface area (Å²) in [6.45, 7) is -1.39. The zero-order chi connectivity index (χ0) is 60.9. The van der Waals surface area contributed by atoms with Crippen LogP contribution in [0.5, 0.6) is 0 Å². The molecule has 5 aromatic carbocycles. The predicted octanol–water partition coefficient (Wildman–Crippen LogP) is 13.7. The van der Waals surface area contributed by atoms with Crippen LogP contribution in [0.3, 0.4) is 0 Å². The molecule has 14 rings (SSSR count). The summed E-state index contributed by atoms with van der Waals surface area (Å²) in [4.78, 5) is 119. The Hall–Kier alpha value is -9.60. The van der Waals surface area contributed by atoms with Crippen LogP contribution in [0.1, 0.15) is 70.2 Å². The smallest absolute Gasteiger partial charge is 0.333 e. The third-order valence-corrected chi connectivity index (χ3v) is 21.1. The molecule has 2 unspecified atom stereocenters. The highest BCUT2D eigenvalue weighted by atomic mass is 32.1. The van der Waals surface area contributed by atoms with Crippen molar-refractivity contribution in [1.29, 1.82) is 0 Å². The highest BCUT2D eigenvalue weighted by Gasteiger charge is 2.65. The van der Waals surface area contributed by atoms with E-state index < -0.39 is 110 Å². The number of rotatable bonds is 14. The first kappa shape index (κ1) is 56.2. The molecule has 12 nitrogen and oxygen atoms in total. The van der Waals surface area contributed by atoms with Crippen LogP contribution in [0.25, 0.3) is 46.6 Å². The van der Waals surface area contributed by atoms with Crippen LogP contribution in [-0.2, 0) is 89.8 Å². The zero-order valence-electron chi connectivity index (χ0n) is 45.2. The van der Waals surface area contributed by atoms with Gasteiger partial charge in [-0.2, -0.15) is 0 Å². The summed E-state index contributed by atoms with van der Waals surface area (Å²) < 4.78 is 85.9. The number of esters is 4. The third kappa shape index (κ3) is 8.78. The van der Waals surface area contributed by atoms with Gasteiger partial charge in [0.25, 0.3) is 0 Å². The molecule has 20 heteroatoms. The third-order valence-electron chi connectivity index (χ3n) is 16.1. The van der Waals surface area contributed by atoms with Crippen LogP contribution in [0, 0.1) is 23.5 Å². The Balaban J connectivity index is 1.02. The summed E-state index contributed by atoms with van der Waals surface area (Å²) in [6.07, 6.45) is 3.99. The van der Waals surface area contributed by atoms with Crippen LogP contribution in [-0.4, -0.2) is 47.0 Å². The highest BCUT2D eigenvalue weighted by molar-refractivity contribution is 7.34. The van der Waals surface area contributed by atoms with E-state index >= 15 is 28.0 Å². The van der Waals surface area contributed by atoms with Gasteiger partial charge in [0.1, 0.15) is 49.7 Å². The minimum absolute atomic E-state index is 0.0167. The maximum atomic E-state index is 15.9. The summed E-state index contributed by atoms with van der Waals surface area (Å²) >= 11 is 3.98. The summed E-state index contributed by atoms with van der Waals surface area (Å²) in [5.41, 5.74) is -4.42. The van der Waals surface area contributed by atoms with Gasteiger partial charge in [0.2, 0.25) is 34.0 Å². The molecule has 0 spiro atoms. The average Bonchev–Trinajstić information content (AvgIpc) is 1.50. The number of carbonyl (C=O) groups is 8. The molecule has 5 aliphatic rings. The Morgan fingerprint density at radius 2 is 0.909 bits per heavy atom. The number of fused-ring (bicyclic) bond motifs is 11. The predicted molar refractivity (Wildman–Crippen MR) is 320 cm³/mol. The van der Waals surface area contributed by atoms with Crippen LogP contribution in [0.15, 0.2) is 175 Å². The minimum Gasteiger partial charge on any atom is -0.459 e. The fraction of sp³-hybridized carbons (Fsp3) is 0.118. The van der Waals surface area contributed by atoms with E-state index in [1.807, 2.05) is 0 Å². The van der Waals surface area contributed by atoms with Gasteiger partial charge in [-0.3, -0.25) is 38.4 Å². The molecule has 2 atom stereocenters. The van der Waals surface area contributed by atoms with E-state index in [4.69, 9.17) is 18.9 Å². The van der Waals surface area contributed by atoms with Gasteiger partial charge in [-0.15, -0.1) is 45.3 Å². The first-order valence-electron chi connectivity index (χ1n) is 27.2. The van der Waals surface area contributed by atoms with Gasteiger partial charge in [0, 0.05) is 66.4 Å². The second-order valence-electron chi connectivity index (χ2n) is 21.2. The molecule has 0 bridgehead atoms. The average molecular weight is 1250 g/mol. The molecule has 4 heterocycles. The molecule has 0 aliphatic heterocycles. The fourth-order valence-corrected chi connectivity index (χ4v) is 17.8. The lowest BCUT2D eigenvalue weighted by molar-refractivity contribution is -0.166. The molecule has 1 fully saturated rings. The molecule has 434 valence electrons. The molecule has 0 radical (unpaired) electrons. The van der Waals surface area contributed by atoms with Gasteiger partial charge >= 0.3 is 23.9 Å². The Morgan fingerprint density at radius 1 is 0.489 bits per heavy atom. The monoisotopic (exact) mass is 1250 g/mol. The van der Waals surface area contributed by atoms with Crippen molar-refractivity contribution < 1.29 is 74.9 Å². The number of halogens is 4. The number of allylic oxidation sites excluding steroid dienone is 6. The topological polar surface area (TPSA) is 173 Å². The number of ketones is 4. The van der Waals surface area contributed by atoms with Gasteiger partial charge in [-0.05, 0) is 58.7 Å². The van der Waals surface area contributed by atoms with Gasteiger partial charge in [0.05, 0.1) is 40.7 Å². The molecular formula is C68H38F4O12S4. The molecule has 9 aromatic rings. The molecule has 0 amide bonds. The highest BCUT2D eigenvalue weighted by Crippen LogP contribution is 2.67. The van der Waals surface area contributed by atoms with Crippen molar-refractivity contribution in [2.45, 2.75) is 37.3 Å². The molecule has 88 heavy (non-hydrogen) atoms. The van der Waals surface area contributed by atoms with Gasteiger partial charge in [-0.25, -0.2) is 17.6 Å². The zero-order valence-corrected chi connectivity index (χ0v) is 48.5. The number of ether oxygens (including phenoxy) is 4. The summed E-state index contributed by atoms with van der Waals surface area (Å²) in [6, 6.07) is 38.7. The van der Waals surface area contributed by atoms with Gasteiger partial charge < -0.3 is 18.9 Å². The molecule has 0 saturated heterocycles. The maximum absolute atomic E-state index is 15.9. The van der Waals surface area contributed by atoms with E-state index in [-0.39, 0.29) is 92.9 Å². The molecule has 5 aliphatic carbocycles. The fourth-order valence-electron chi connectivity index (χ4n) is 12.1. The Morgan fingerprint density at radius 3 is 1.34 bits per heavy atom. The number of Topliss-reactive ketones (excluding diaryl/α,β-unsaturated/α-hetero) is 4.